The molecule has 122 valence electrons. The second-order valence-electron chi connectivity index (χ2n) is 4.40. The van der Waals surface area contributed by atoms with Crippen molar-refractivity contribution in [3.05, 3.63) is 69.7 Å². The van der Waals surface area contributed by atoms with Gasteiger partial charge in [0.15, 0.2) is 0 Å². The molecule has 0 fully saturated rings. The van der Waals surface area contributed by atoms with E-state index in [1.165, 1.54) is 12.4 Å². The first-order valence-electron chi connectivity index (χ1n) is 6.74. The lowest BCUT2D eigenvalue weighted by molar-refractivity contribution is 0.0946. The van der Waals surface area contributed by atoms with Crippen LogP contribution in [0.15, 0.2) is 58.7 Å². The molecule has 0 radical (unpaired) electrons. The van der Waals surface area contributed by atoms with Crippen molar-refractivity contribution >= 4 is 47.4 Å². The molecule has 2 aromatic carbocycles. The van der Waals surface area contributed by atoms with E-state index in [0.717, 1.165) is 0 Å². The average Bonchev–Trinajstić information content (AvgIpc) is 2.58. The fraction of sp³-hybridized carbons (Fsp3) is 0. The van der Waals surface area contributed by atoms with Crippen molar-refractivity contribution in [1.29, 1.82) is 0 Å². The van der Waals surface area contributed by atoms with Gasteiger partial charge in [-0.15, -0.1) is 0 Å². The number of nitrogens with one attached hydrogen (secondary N) is 2. The van der Waals surface area contributed by atoms with Crippen LogP contribution in [0.5, 0.6) is 0 Å². The summed E-state index contributed by atoms with van der Waals surface area (Å²) in [6, 6.07) is 13.2. The minimum atomic E-state index is -0.453. The largest absolute Gasteiger partial charge is 0.272 e. The van der Waals surface area contributed by atoms with Crippen LogP contribution in [0.2, 0.25) is 10.0 Å². The number of benzene rings is 2. The van der Waals surface area contributed by atoms with Crippen LogP contribution in [0, 0.1) is 0 Å². The van der Waals surface area contributed by atoms with E-state index in [1.807, 2.05) is 0 Å². The van der Waals surface area contributed by atoms with Crippen LogP contribution in [-0.2, 0) is 0 Å². The molecular formula is C16H12Cl2N4O2. The number of amides is 2. The van der Waals surface area contributed by atoms with E-state index in [2.05, 4.69) is 21.1 Å². The minimum absolute atomic E-state index is 0.306. The molecule has 0 saturated heterocycles. The Morgan fingerprint density at radius 1 is 0.750 bits per heavy atom. The van der Waals surface area contributed by atoms with Crippen LogP contribution < -0.4 is 10.9 Å². The minimum Gasteiger partial charge on any atom is -0.267 e. The number of carbonyl (C=O) groups is 2. The Hall–Kier alpha value is -2.70. The maximum atomic E-state index is 11.8. The number of halogens is 2. The Morgan fingerprint density at radius 2 is 1.12 bits per heavy atom. The highest BCUT2D eigenvalue weighted by Gasteiger charge is 2.08. The van der Waals surface area contributed by atoms with Crippen molar-refractivity contribution in [3.63, 3.8) is 0 Å². The highest BCUT2D eigenvalue weighted by atomic mass is 35.5. The smallest absolute Gasteiger partial charge is 0.267 e. The molecule has 0 aliphatic rings. The molecule has 8 heteroatoms. The van der Waals surface area contributed by atoms with Gasteiger partial charge in [0.2, 0.25) is 0 Å². The van der Waals surface area contributed by atoms with Crippen LogP contribution >= 0.6 is 23.2 Å². The molecule has 2 N–H and O–H groups in total. The molecule has 2 aromatic rings. The summed E-state index contributed by atoms with van der Waals surface area (Å²) >= 11 is 11.8. The summed E-state index contributed by atoms with van der Waals surface area (Å²) in [5, 5.41) is 7.98. The fourth-order valence-electron chi connectivity index (χ4n) is 1.67. The van der Waals surface area contributed by atoms with Crippen LogP contribution in [0.25, 0.3) is 0 Å². The first-order valence-corrected chi connectivity index (χ1v) is 7.49. The number of hydrogen-bond donors (Lipinski definition) is 2. The summed E-state index contributed by atoms with van der Waals surface area (Å²) in [4.78, 5) is 23.6. The zero-order valence-electron chi connectivity index (χ0n) is 12.2. The number of rotatable bonds is 5. The standard InChI is InChI=1S/C16H12Cl2N4O2/c17-13-7-3-1-5-11(13)15(23)21-19-9-10-20-22-16(24)12-6-2-4-8-14(12)18/h1-10H,(H,21,23)(H,22,24)/b19-9+,20-10+. The average molecular weight is 363 g/mol. The second-order valence-corrected chi connectivity index (χ2v) is 5.21. The van der Waals surface area contributed by atoms with Gasteiger partial charge in [-0.2, -0.15) is 10.2 Å². The molecular weight excluding hydrogens is 351 g/mol. The third-order valence-electron chi connectivity index (χ3n) is 2.78. The SMILES string of the molecule is O=C(N/N=C/C=N/NC(=O)c1ccccc1Cl)c1ccccc1Cl. The lowest BCUT2D eigenvalue weighted by Crippen LogP contribution is -2.19. The summed E-state index contributed by atoms with van der Waals surface area (Å²) < 4.78 is 0. The predicted molar refractivity (Wildman–Crippen MR) is 94.8 cm³/mol. The van der Waals surface area contributed by atoms with Gasteiger partial charge in [0.1, 0.15) is 0 Å². The number of hydrogen-bond acceptors (Lipinski definition) is 4. The zero-order valence-corrected chi connectivity index (χ0v) is 13.8. The highest BCUT2D eigenvalue weighted by Crippen LogP contribution is 2.15. The van der Waals surface area contributed by atoms with Crippen molar-refractivity contribution in [2.75, 3.05) is 0 Å². The van der Waals surface area contributed by atoms with E-state index in [-0.39, 0.29) is 0 Å². The summed E-state index contributed by atoms with van der Waals surface area (Å²) in [6.07, 6.45) is 2.42. The summed E-state index contributed by atoms with van der Waals surface area (Å²) in [5.41, 5.74) is 5.19. The molecule has 0 bridgehead atoms. The maximum Gasteiger partial charge on any atom is 0.272 e. The quantitative estimate of drug-likeness (QED) is 0.632. The Balaban J connectivity index is 1.83. The maximum absolute atomic E-state index is 11.8. The third-order valence-corrected chi connectivity index (χ3v) is 3.44. The molecule has 0 aliphatic heterocycles. The third kappa shape index (κ3) is 4.91. The van der Waals surface area contributed by atoms with Gasteiger partial charge in [-0.1, -0.05) is 47.5 Å². The van der Waals surface area contributed by atoms with E-state index >= 15 is 0 Å². The van der Waals surface area contributed by atoms with Crippen molar-refractivity contribution in [3.8, 4) is 0 Å². The van der Waals surface area contributed by atoms with Crippen molar-refractivity contribution in [2.45, 2.75) is 0 Å². The van der Waals surface area contributed by atoms with E-state index in [0.29, 0.717) is 21.2 Å². The Bertz CT molecular complexity index is 739. The van der Waals surface area contributed by atoms with Crippen LogP contribution in [0.1, 0.15) is 20.7 Å². The predicted octanol–water partition coefficient (Wildman–Crippen LogP) is 3.12. The monoisotopic (exact) mass is 362 g/mol. The van der Waals surface area contributed by atoms with Gasteiger partial charge >= 0.3 is 0 Å². The summed E-state index contributed by atoms with van der Waals surface area (Å²) in [5.74, 6) is -0.907. The lowest BCUT2D eigenvalue weighted by atomic mass is 10.2. The number of carbonyl (C=O) groups excluding carboxylic acids is 2. The van der Waals surface area contributed by atoms with Gasteiger partial charge in [-0.05, 0) is 24.3 Å². The zero-order chi connectivity index (χ0) is 17.4. The van der Waals surface area contributed by atoms with Crippen LogP contribution in [0.4, 0.5) is 0 Å². The molecule has 2 rings (SSSR count). The highest BCUT2D eigenvalue weighted by molar-refractivity contribution is 6.34. The van der Waals surface area contributed by atoms with Crippen molar-refractivity contribution < 1.29 is 9.59 Å². The molecule has 0 saturated carbocycles. The van der Waals surface area contributed by atoms with Gasteiger partial charge < -0.3 is 0 Å². The molecule has 0 aliphatic carbocycles. The number of hydrazone groups is 2. The van der Waals surface area contributed by atoms with E-state index in [9.17, 15) is 9.59 Å². The van der Waals surface area contributed by atoms with Crippen LogP contribution in [0.3, 0.4) is 0 Å². The molecule has 24 heavy (non-hydrogen) atoms. The summed E-state index contributed by atoms with van der Waals surface area (Å²) in [6.45, 7) is 0. The van der Waals surface area contributed by atoms with Gasteiger partial charge in [0, 0.05) is 0 Å². The molecule has 2 amide bonds. The first-order chi connectivity index (χ1) is 11.6. The second kappa shape index (κ2) is 8.81. The van der Waals surface area contributed by atoms with Crippen molar-refractivity contribution in [2.24, 2.45) is 10.2 Å². The molecule has 0 aromatic heterocycles. The van der Waals surface area contributed by atoms with Gasteiger partial charge in [-0.25, -0.2) is 10.9 Å². The van der Waals surface area contributed by atoms with E-state index < -0.39 is 11.8 Å². The van der Waals surface area contributed by atoms with E-state index in [1.54, 1.807) is 48.5 Å². The Labute approximate surface area is 148 Å². The van der Waals surface area contributed by atoms with Gasteiger partial charge in [0.05, 0.1) is 33.6 Å². The molecule has 0 spiro atoms. The lowest BCUT2D eigenvalue weighted by Gasteiger charge is -2.01. The molecule has 0 atom stereocenters. The molecule has 0 unspecified atom stereocenters. The summed E-state index contributed by atoms with van der Waals surface area (Å²) in [7, 11) is 0. The van der Waals surface area contributed by atoms with Crippen molar-refractivity contribution in [1.82, 2.24) is 10.9 Å². The molecule has 6 nitrogen and oxygen atoms in total. The first kappa shape index (κ1) is 17.7. The van der Waals surface area contributed by atoms with Crippen LogP contribution in [-0.4, -0.2) is 24.2 Å². The van der Waals surface area contributed by atoms with Gasteiger partial charge in [-0.3, -0.25) is 9.59 Å². The molecule has 0 heterocycles. The van der Waals surface area contributed by atoms with Gasteiger partial charge in [0.25, 0.3) is 11.8 Å². The number of nitrogens with zero attached hydrogens (tertiary/aromatic N) is 2. The Kier molecular flexibility index (Phi) is 6.48. The van der Waals surface area contributed by atoms with E-state index in [4.69, 9.17) is 23.2 Å². The topological polar surface area (TPSA) is 82.9 Å². The Morgan fingerprint density at radius 3 is 1.50 bits per heavy atom. The normalized spacial score (nSPS) is 10.9. The fourth-order valence-corrected chi connectivity index (χ4v) is 2.11.